The molecule has 2 aromatic rings. The van der Waals surface area contributed by atoms with Gasteiger partial charge >= 0.3 is 0 Å². The molecule has 0 radical (unpaired) electrons. The lowest BCUT2D eigenvalue weighted by atomic mass is 9.97. The van der Waals surface area contributed by atoms with Crippen LogP contribution in [0.3, 0.4) is 0 Å². The minimum atomic E-state index is -0.348. The van der Waals surface area contributed by atoms with E-state index < -0.39 is 0 Å². The second-order valence-corrected chi connectivity index (χ2v) is 6.25. The maximum Gasteiger partial charge on any atom is 0.270 e. The predicted octanol–water partition coefficient (Wildman–Crippen LogP) is 4.28. The molecule has 0 spiro atoms. The van der Waals surface area contributed by atoms with E-state index in [4.69, 9.17) is 0 Å². The van der Waals surface area contributed by atoms with Gasteiger partial charge in [0.05, 0.1) is 4.92 Å². The van der Waals surface area contributed by atoms with E-state index in [1.165, 1.54) is 44.9 Å². The number of hydrogen-bond donors (Lipinski definition) is 2. The molecule has 5 nitrogen and oxygen atoms in total. The summed E-state index contributed by atoms with van der Waals surface area (Å²) in [6, 6.07) is 7.57. The molecule has 118 valence electrons. The standard InChI is InChI=1S/C17H23N3O2/c21-20(22)16-8-9-17-13(11-16)10-15(19-17)12-18-14-6-4-2-1-3-5-7-14/h8-11,14,18-19H,1-7,12H2. The molecule has 0 unspecified atom stereocenters. The molecule has 1 saturated carbocycles. The van der Waals surface area contributed by atoms with Crippen molar-refractivity contribution in [2.75, 3.05) is 0 Å². The van der Waals surface area contributed by atoms with Crippen LogP contribution >= 0.6 is 0 Å². The zero-order valence-electron chi connectivity index (χ0n) is 12.8. The third kappa shape index (κ3) is 3.65. The van der Waals surface area contributed by atoms with E-state index in [2.05, 4.69) is 10.3 Å². The van der Waals surface area contributed by atoms with Gasteiger partial charge in [-0.1, -0.05) is 32.1 Å². The predicted molar refractivity (Wildman–Crippen MR) is 87.9 cm³/mol. The Kier molecular flexibility index (Phi) is 4.73. The second-order valence-electron chi connectivity index (χ2n) is 6.25. The molecule has 5 heteroatoms. The van der Waals surface area contributed by atoms with Crippen molar-refractivity contribution in [1.29, 1.82) is 0 Å². The Hall–Kier alpha value is -1.88. The number of fused-ring (bicyclic) bond motifs is 1. The zero-order chi connectivity index (χ0) is 15.4. The van der Waals surface area contributed by atoms with Gasteiger partial charge in [0.25, 0.3) is 5.69 Å². The van der Waals surface area contributed by atoms with Gasteiger partial charge in [-0.05, 0) is 25.0 Å². The summed E-state index contributed by atoms with van der Waals surface area (Å²) in [5.74, 6) is 0. The van der Waals surface area contributed by atoms with Crippen LogP contribution in [-0.2, 0) is 6.54 Å². The highest BCUT2D eigenvalue weighted by molar-refractivity contribution is 5.82. The van der Waals surface area contributed by atoms with Crippen molar-refractivity contribution in [3.63, 3.8) is 0 Å². The first kappa shape index (κ1) is 15.0. The number of non-ortho nitro benzene ring substituents is 1. The summed E-state index contributed by atoms with van der Waals surface area (Å²) in [7, 11) is 0. The third-order valence-corrected chi connectivity index (χ3v) is 4.56. The first-order chi connectivity index (χ1) is 10.7. The van der Waals surface area contributed by atoms with Gasteiger partial charge < -0.3 is 10.3 Å². The maximum atomic E-state index is 10.8. The molecule has 1 aliphatic rings. The van der Waals surface area contributed by atoms with Crippen LogP contribution in [0.25, 0.3) is 10.9 Å². The average molecular weight is 301 g/mol. The largest absolute Gasteiger partial charge is 0.357 e. The Morgan fingerprint density at radius 2 is 1.86 bits per heavy atom. The summed E-state index contributed by atoms with van der Waals surface area (Å²) >= 11 is 0. The first-order valence-corrected chi connectivity index (χ1v) is 8.22. The number of rotatable bonds is 4. The van der Waals surface area contributed by atoms with Crippen LogP contribution in [0, 0.1) is 10.1 Å². The molecule has 1 heterocycles. The van der Waals surface area contributed by atoms with Crippen LogP contribution in [0.15, 0.2) is 24.3 Å². The molecule has 1 aliphatic carbocycles. The summed E-state index contributed by atoms with van der Waals surface area (Å²) < 4.78 is 0. The summed E-state index contributed by atoms with van der Waals surface area (Å²) in [5.41, 5.74) is 2.20. The highest BCUT2D eigenvalue weighted by Gasteiger charge is 2.12. The molecule has 1 aromatic carbocycles. The van der Waals surface area contributed by atoms with Crippen molar-refractivity contribution in [3.05, 3.63) is 40.1 Å². The Balaban J connectivity index is 1.64. The number of aromatic amines is 1. The van der Waals surface area contributed by atoms with Crippen LogP contribution < -0.4 is 5.32 Å². The lowest BCUT2D eigenvalue weighted by Gasteiger charge is -2.20. The molecular formula is C17H23N3O2. The quantitative estimate of drug-likeness (QED) is 0.654. The lowest BCUT2D eigenvalue weighted by Crippen LogP contribution is -2.29. The molecule has 0 atom stereocenters. The SMILES string of the molecule is O=[N+]([O-])c1ccc2[nH]c(CNC3CCCCCCC3)cc2c1. The molecule has 0 aliphatic heterocycles. The van der Waals surface area contributed by atoms with Crippen LogP contribution in [0.4, 0.5) is 5.69 Å². The minimum Gasteiger partial charge on any atom is -0.357 e. The average Bonchev–Trinajstić information content (AvgIpc) is 2.87. The zero-order valence-corrected chi connectivity index (χ0v) is 12.8. The summed E-state index contributed by atoms with van der Waals surface area (Å²) in [5, 5.41) is 15.4. The van der Waals surface area contributed by atoms with Gasteiger partial charge in [-0.3, -0.25) is 10.1 Å². The first-order valence-electron chi connectivity index (χ1n) is 8.22. The van der Waals surface area contributed by atoms with E-state index in [1.54, 1.807) is 18.2 Å². The molecule has 1 fully saturated rings. The number of benzene rings is 1. The van der Waals surface area contributed by atoms with E-state index in [1.807, 2.05) is 6.07 Å². The van der Waals surface area contributed by atoms with Crippen molar-refractivity contribution in [1.82, 2.24) is 10.3 Å². The Morgan fingerprint density at radius 1 is 1.14 bits per heavy atom. The molecule has 1 aromatic heterocycles. The van der Waals surface area contributed by atoms with Gasteiger partial charge in [-0.15, -0.1) is 0 Å². The van der Waals surface area contributed by atoms with Gasteiger partial charge in [0, 0.05) is 41.3 Å². The van der Waals surface area contributed by atoms with Crippen molar-refractivity contribution in [2.24, 2.45) is 0 Å². The molecule has 3 rings (SSSR count). The fourth-order valence-electron chi connectivity index (χ4n) is 3.30. The monoisotopic (exact) mass is 301 g/mol. The number of hydrogen-bond acceptors (Lipinski definition) is 3. The molecular weight excluding hydrogens is 278 g/mol. The van der Waals surface area contributed by atoms with Gasteiger partial charge in [-0.25, -0.2) is 0 Å². The number of nitro benzene ring substituents is 1. The Morgan fingerprint density at radius 3 is 2.59 bits per heavy atom. The number of aromatic nitrogens is 1. The van der Waals surface area contributed by atoms with Crippen LogP contribution in [0.5, 0.6) is 0 Å². The summed E-state index contributed by atoms with van der Waals surface area (Å²) in [6.45, 7) is 0.799. The van der Waals surface area contributed by atoms with Gasteiger partial charge in [0.2, 0.25) is 0 Å². The highest BCUT2D eigenvalue weighted by atomic mass is 16.6. The van der Waals surface area contributed by atoms with E-state index in [-0.39, 0.29) is 10.6 Å². The van der Waals surface area contributed by atoms with E-state index >= 15 is 0 Å². The third-order valence-electron chi connectivity index (χ3n) is 4.56. The van der Waals surface area contributed by atoms with Crippen molar-refractivity contribution in [2.45, 2.75) is 57.5 Å². The maximum absolute atomic E-state index is 10.8. The number of nitro groups is 1. The number of H-pyrrole nitrogens is 1. The van der Waals surface area contributed by atoms with Crippen molar-refractivity contribution >= 4 is 16.6 Å². The Bertz CT molecular complexity index is 642. The van der Waals surface area contributed by atoms with E-state index in [0.29, 0.717) is 6.04 Å². The molecule has 0 bridgehead atoms. The Labute approximate surface area is 130 Å². The van der Waals surface area contributed by atoms with Crippen LogP contribution in [0.1, 0.15) is 50.6 Å². The van der Waals surface area contributed by atoms with Gasteiger partial charge in [0.1, 0.15) is 0 Å². The smallest absolute Gasteiger partial charge is 0.270 e. The number of nitrogens with zero attached hydrogens (tertiary/aromatic N) is 1. The van der Waals surface area contributed by atoms with E-state index in [0.717, 1.165) is 23.1 Å². The van der Waals surface area contributed by atoms with Gasteiger partial charge in [0.15, 0.2) is 0 Å². The fourth-order valence-corrected chi connectivity index (χ4v) is 3.30. The molecule has 22 heavy (non-hydrogen) atoms. The summed E-state index contributed by atoms with van der Waals surface area (Å²) in [6.07, 6.45) is 9.24. The lowest BCUT2D eigenvalue weighted by molar-refractivity contribution is -0.384. The van der Waals surface area contributed by atoms with E-state index in [9.17, 15) is 10.1 Å². The molecule has 0 saturated heterocycles. The van der Waals surface area contributed by atoms with Gasteiger partial charge in [-0.2, -0.15) is 0 Å². The molecule has 2 N–H and O–H groups in total. The molecule has 0 amide bonds. The summed E-state index contributed by atoms with van der Waals surface area (Å²) in [4.78, 5) is 13.8. The second kappa shape index (κ2) is 6.92. The highest BCUT2D eigenvalue weighted by Crippen LogP contribution is 2.22. The normalized spacial score (nSPS) is 17.3. The van der Waals surface area contributed by atoms with Crippen LogP contribution in [0.2, 0.25) is 0 Å². The van der Waals surface area contributed by atoms with Crippen LogP contribution in [-0.4, -0.2) is 15.9 Å². The fraction of sp³-hybridized carbons (Fsp3) is 0.529. The number of nitrogens with one attached hydrogen (secondary N) is 2. The topological polar surface area (TPSA) is 71.0 Å². The minimum absolute atomic E-state index is 0.144. The van der Waals surface area contributed by atoms with Crippen molar-refractivity contribution in [3.8, 4) is 0 Å². The van der Waals surface area contributed by atoms with Crippen molar-refractivity contribution < 1.29 is 4.92 Å².